The summed E-state index contributed by atoms with van der Waals surface area (Å²) in [5.74, 6) is -1.60. The summed E-state index contributed by atoms with van der Waals surface area (Å²) in [4.78, 5) is 23.7. The zero-order chi connectivity index (χ0) is 16.1. The number of rotatable bonds is 5. The Morgan fingerprint density at radius 2 is 1.91 bits per heavy atom. The van der Waals surface area contributed by atoms with E-state index >= 15 is 0 Å². The molecule has 0 aromatic heterocycles. The molecule has 0 aliphatic rings. The van der Waals surface area contributed by atoms with E-state index in [2.05, 4.69) is 21.2 Å². The average molecular weight is 365 g/mol. The second kappa shape index (κ2) is 7.17. The van der Waals surface area contributed by atoms with Crippen LogP contribution in [0.1, 0.15) is 15.9 Å². The van der Waals surface area contributed by atoms with Crippen molar-refractivity contribution in [1.82, 2.24) is 5.32 Å². The van der Waals surface area contributed by atoms with Gasteiger partial charge in [-0.25, -0.2) is 4.39 Å². The Balaban J connectivity index is 2.14. The first kappa shape index (κ1) is 16.2. The van der Waals surface area contributed by atoms with Crippen LogP contribution < -0.4 is 11.1 Å². The monoisotopic (exact) mass is 364 g/mol. The van der Waals surface area contributed by atoms with Crippen LogP contribution in [0.5, 0.6) is 0 Å². The lowest BCUT2D eigenvalue weighted by Gasteiger charge is -2.16. The van der Waals surface area contributed by atoms with Gasteiger partial charge in [0, 0.05) is 16.5 Å². The topological polar surface area (TPSA) is 72.2 Å². The molecule has 0 aliphatic heterocycles. The van der Waals surface area contributed by atoms with Crippen LogP contribution >= 0.6 is 15.9 Å². The van der Waals surface area contributed by atoms with Crippen molar-refractivity contribution >= 4 is 27.7 Å². The second-order valence-electron chi connectivity index (χ2n) is 4.73. The number of carbonyl (C=O) groups is 2. The lowest BCUT2D eigenvalue weighted by Crippen LogP contribution is -2.46. The Labute approximate surface area is 135 Å². The lowest BCUT2D eigenvalue weighted by molar-refractivity contribution is -0.119. The van der Waals surface area contributed by atoms with Gasteiger partial charge in [0.05, 0.1) is 0 Å². The van der Waals surface area contributed by atoms with Crippen LogP contribution in [-0.2, 0) is 11.2 Å². The molecule has 1 atom stereocenters. The van der Waals surface area contributed by atoms with Crippen LogP contribution in [0.3, 0.4) is 0 Å². The number of nitrogens with one attached hydrogen (secondary N) is 1. The first-order valence-electron chi connectivity index (χ1n) is 6.56. The van der Waals surface area contributed by atoms with Crippen LogP contribution in [0.25, 0.3) is 0 Å². The van der Waals surface area contributed by atoms with E-state index < -0.39 is 23.7 Å². The summed E-state index contributed by atoms with van der Waals surface area (Å²) in [6.45, 7) is 0. The highest BCUT2D eigenvalue weighted by molar-refractivity contribution is 9.10. The van der Waals surface area contributed by atoms with E-state index in [-0.39, 0.29) is 6.42 Å². The molecule has 0 radical (unpaired) electrons. The predicted octanol–water partition coefficient (Wildman–Crippen LogP) is 2.41. The maximum absolute atomic E-state index is 13.7. The van der Waals surface area contributed by atoms with Crippen molar-refractivity contribution in [1.29, 1.82) is 0 Å². The number of primary amides is 1. The summed E-state index contributed by atoms with van der Waals surface area (Å²) in [5, 5.41) is 2.53. The van der Waals surface area contributed by atoms with Crippen LogP contribution in [-0.4, -0.2) is 17.9 Å². The van der Waals surface area contributed by atoms with Gasteiger partial charge in [-0.15, -0.1) is 0 Å². The molecule has 2 rings (SSSR count). The van der Waals surface area contributed by atoms with Gasteiger partial charge < -0.3 is 11.1 Å². The molecule has 0 spiro atoms. The van der Waals surface area contributed by atoms with E-state index in [1.54, 1.807) is 42.5 Å². The number of nitrogens with two attached hydrogens (primary N) is 1. The van der Waals surface area contributed by atoms with Crippen molar-refractivity contribution < 1.29 is 14.0 Å². The van der Waals surface area contributed by atoms with Gasteiger partial charge in [-0.2, -0.15) is 0 Å². The molecule has 4 nitrogen and oxygen atoms in total. The summed E-state index contributed by atoms with van der Waals surface area (Å²) in [6.07, 6.45) is 0.00174. The summed E-state index contributed by atoms with van der Waals surface area (Å²) < 4.78 is 14.4. The Hall–Kier alpha value is -2.21. The average Bonchev–Trinajstić information content (AvgIpc) is 2.48. The second-order valence-corrected chi connectivity index (χ2v) is 5.65. The molecule has 0 saturated carbocycles. The normalized spacial score (nSPS) is 11.7. The van der Waals surface area contributed by atoms with Gasteiger partial charge in [0.1, 0.15) is 11.9 Å². The first-order chi connectivity index (χ1) is 10.5. The molecular weight excluding hydrogens is 351 g/mol. The summed E-state index contributed by atoms with van der Waals surface area (Å²) in [6, 6.07) is 11.8. The Bertz CT molecular complexity index is 706. The van der Waals surface area contributed by atoms with E-state index in [1.165, 1.54) is 6.07 Å². The van der Waals surface area contributed by atoms with Crippen molar-refractivity contribution in [2.24, 2.45) is 5.73 Å². The van der Waals surface area contributed by atoms with E-state index in [1.807, 2.05) is 0 Å². The van der Waals surface area contributed by atoms with Gasteiger partial charge in [-0.1, -0.05) is 40.2 Å². The number of benzene rings is 2. The molecule has 2 aromatic rings. The first-order valence-corrected chi connectivity index (χ1v) is 7.36. The fourth-order valence-corrected chi connectivity index (χ4v) is 2.38. The molecule has 6 heteroatoms. The highest BCUT2D eigenvalue weighted by Gasteiger charge is 2.20. The molecule has 114 valence electrons. The predicted molar refractivity (Wildman–Crippen MR) is 84.7 cm³/mol. The standard InChI is InChI=1S/C16H14BrFN2O2/c17-12-6-3-5-11(8-12)16(22)20-14(15(19)21)9-10-4-1-2-7-13(10)18/h1-8,14H,9H2,(H2,19,21)(H,20,22)/t14-/m0/s1. The van der Waals surface area contributed by atoms with Crippen LogP contribution in [0, 0.1) is 5.82 Å². The summed E-state index contributed by atoms with van der Waals surface area (Å²) in [7, 11) is 0. The third kappa shape index (κ3) is 4.14. The molecule has 0 fully saturated rings. The molecule has 0 saturated heterocycles. The maximum Gasteiger partial charge on any atom is 0.251 e. The quantitative estimate of drug-likeness (QED) is 0.854. The van der Waals surface area contributed by atoms with Gasteiger partial charge >= 0.3 is 0 Å². The maximum atomic E-state index is 13.7. The highest BCUT2D eigenvalue weighted by atomic mass is 79.9. The SMILES string of the molecule is NC(=O)[C@H](Cc1ccccc1F)NC(=O)c1cccc(Br)c1. The number of hydrogen-bond donors (Lipinski definition) is 2. The molecule has 3 N–H and O–H groups in total. The van der Waals surface area contributed by atoms with Crippen molar-refractivity contribution in [2.45, 2.75) is 12.5 Å². The van der Waals surface area contributed by atoms with Gasteiger partial charge in [0.2, 0.25) is 5.91 Å². The Morgan fingerprint density at radius 3 is 2.55 bits per heavy atom. The molecular formula is C16H14BrFN2O2. The lowest BCUT2D eigenvalue weighted by atomic mass is 10.0. The van der Waals surface area contributed by atoms with Gasteiger partial charge in [-0.05, 0) is 29.8 Å². The number of carbonyl (C=O) groups excluding carboxylic acids is 2. The highest BCUT2D eigenvalue weighted by Crippen LogP contribution is 2.13. The summed E-state index contributed by atoms with van der Waals surface area (Å²) >= 11 is 3.27. The smallest absolute Gasteiger partial charge is 0.251 e. The van der Waals surface area contributed by atoms with Crippen LogP contribution in [0.15, 0.2) is 53.0 Å². The third-order valence-corrected chi connectivity index (χ3v) is 3.61. The minimum absolute atomic E-state index is 0.00174. The van der Waals surface area contributed by atoms with Gasteiger partial charge in [0.25, 0.3) is 5.91 Å². The zero-order valence-corrected chi connectivity index (χ0v) is 13.1. The zero-order valence-electron chi connectivity index (χ0n) is 11.6. The number of hydrogen-bond acceptors (Lipinski definition) is 2. The van der Waals surface area contributed by atoms with Crippen LogP contribution in [0.4, 0.5) is 4.39 Å². The molecule has 0 unspecified atom stereocenters. The van der Waals surface area contributed by atoms with E-state index in [4.69, 9.17) is 5.73 Å². The number of halogens is 2. The van der Waals surface area contributed by atoms with Crippen LogP contribution in [0.2, 0.25) is 0 Å². The molecule has 0 heterocycles. The largest absolute Gasteiger partial charge is 0.368 e. The van der Waals surface area contributed by atoms with Crippen molar-refractivity contribution in [3.63, 3.8) is 0 Å². The van der Waals surface area contributed by atoms with E-state index in [9.17, 15) is 14.0 Å². The molecule has 0 bridgehead atoms. The minimum atomic E-state index is -0.983. The Morgan fingerprint density at radius 1 is 1.18 bits per heavy atom. The minimum Gasteiger partial charge on any atom is -0.368 e. The molecule has 2 amide bonds. The van der Waals surface area contributed by atoms with Crippen molar-refractivity contribution in [3.8, 4) is 0 Å². The molecule has 0 aliphatic carbocycles. The molecule has 2 aromatic carbocycles. The third-order valence-electron chi connectivity index (χ3n) is 3.12. The fraction of sp³-hybridized carbons (Fsp3) is 0.125. The number of amides is 2. The summed E-state index contributed by atoms with van der Waals surface area (Å²) in [5.41, 5.74) is 6.01. The Kier molecular flexibility index (Phi) is 5.27. The fourth-order valence-electron chi connectivity index (χ4n) is 1.98. The molecule has 22 heavy (non-hydrogen) atoms. The van der Waals surface area contributed by atoms with Gasteiger partial charge in [-0.3, -0.25) is 9.59 Å². The van der Waals surface area contributed by atoms with E-state index in [0.29, 0.717) is 11.1 Å². The van der Waals surface area contributed by atoms with Crippen molar-refractivity contribution in [3.05, 3.63) is 69.9 Å². The van der Waals surface area contributed by atoms with Crippen molar-refractivity contribution in [2.75, 3.05) is 0 Å². The van der Waals surface area contributed by atoms with Gasteiger partial charge in [0.15, 0.2) is 0 Å². The van der Waals surface area contributed by atoms with E-state index in [0.717, 1.165) is 4.47 Å².